The van der Waals surface area contributed by atoms with E-state index in [1.54, 1.807) is 6.08 Å². The molecule has 0 radical (unpaired) electrons. The van der Waals surface area contributed by atoms with Gasteiger partial charge in [-0.15, -0.1) is 0 Å². The average Bonchev–Trinajstić information content (AvgIpc) is 2.90. The molecule has 1 aliphatic rings. The largest absolute Gasteiger partial charge is 0.369 e. The van der Waals surface area contributed by atoms with E-state index in [4.69, 9.17) is 0 Å². The minimum Gasteiger partial charge on any atom is -0.369 e. The summed E-state index contributed by atoms with van der Waals surface area (Å²) in [4.78, 5) is 9.22. The molecule has 1 heterocycles. The standard InChI is InChI=1S/C30H39FN4OS/c1-8-22(4)30(32-7)28(9-2)37(36)33-27-12-10-25(11-13-27)24(6)35-16-14-34(15-17-35)20-26-19-21(3)18-23(5)29(26)31/h9-13,18-19,22,33H,2,6-8,14-17,20H2,1,3-5H3/b30-28-. The maximum atomic E-state index is 14.6. The van der Waals surface area contributed by atoms with E-state index in [2.05, 4.69) is 46.3 Å². The fraction of sp³-hybridized carbons (Fsp3) is 0.367. The Morgan fingerprint density at radius 3 is 2.41 bits per heavy atom. The third-order valence-electron chi connectivity index (χ3n) is 6.94. The smallest absolute Gasteiger partial charge is 0.152 e. The van der Waals surface area contributed by atoms with Crippen LogP contribution in [0.5, 0.6) is 0 Å². The van der Waals surface area contributed by atoms with E-state index in [0.29, 0.717) is 22.7 Å². The van der Waals surface area contributed by atoms with Gasteiger partial charge in [0.2, 0.25) is 0 Å². The molecule has 1 fully saturated rings. The van der Waals surface area contributed by atoms with E-state index >= 15 is 0 Å². The number of allylic oxidation sites excluding steroid dienone is 2. The number of halogens is 1. The average molecular weight is 523 g/mol. The Kier molecular flexibility index (Phi) is 10.0. The molecule has 2 unspecified atom stereocenters. The van der Waals surface area contributed by atoms with Crippen LogP contribution in [0.3, 0.4) is 0 Å². The minimum absolute atomic E-state index is 0.0976. The van der Waals surface area contributed by atoms with Crippen molar-refractivity contribution in [2.75, 3.05) is 30.9 Å². The Labute approximate surface area is 224 Å². The van der Waals surface area contributed by atoms with E-state index in [1.807, 2.05) is 57.2 Å². The summed E-state index contributed by atoms with van der Waals surface area (Å²) in [6.07, 6.45) is 2.46. The second-order valence-electron chi connectivity index (χ2n) is 9.63. The van der Waals surface area contributed by atoms with Crippen LogP contribution in [-0.4, -0.2) is 46.9 Å². The lowest BCUT2D eigenvalue weighted by atomic mass is 10.1. The first-order valence-corrected chi connectivity index (χ1v) is 13.9. The molecule has 1 saturated heterocycles. The quantitative estimate of drug-likeness (QED) is 0.272. The lowest BCUT2D eigenvalue weighted by Gasteiger charge is -2.37. The highest BCUT2D eigenvalue weighted by Crippen LogP contribution is 2.26. The van der Waals surface area contributed by atoms with Gasteiger partial charge in [-0.25, -0.2) is 8.60 Å². The summed E-state index contributed by atoms with van der Waals surface area (Å²) in [5, 5.41) is 0. The summed E-state index contributed by atoms with van der Waals surface area (Å²) < 4.78 is 30.6. The Morgan fingerprint density at radius 2 is 1.84 bits per heavy atom. The molecular weight excluding hydrogens is 483 g/mol. The zero-order valence-electron chi connectivity index (χ0n) is 22.5. The molecule has 2 aromatic rings. The summed E-state index contributed by atoms with van der Waals surface area (Å²) in [5.74, 6) is 0.0435. The summed E-state index contributed by atoms with van der Waals surface area (Å²) in [7, 11) is -1.50. The Hall–Kier alpha value is -3.03. The van der Waals surface area contributed by atoms with Crippen LogP contribution in [0.25, 0.3) is 5.70 Å². The number of hydrogen-bond donors (Lipinski definition) is 1. The molecule has 0 aromatic heterocycles. The highest BCUT2D eigenvalue weighted by Gasteiger charge is 2.21. The van der Waals surface area contributed by atoms with Crippen molar-refractivity contribution in [3.8, 4) is 0 Å². The summed E-state index contributed by atoms with van der Waals surface area (Å²) in [6.45, 7) is 23.7. The molecule has 0 bridgehead atoms. The van der Waals surface area contributed by atoms with Crippen LogP contribution in [0.4, 0.5) is 10.1 Å². The maximum Gasteiger partial charge on any atom is 0.152 e. The van der Waals surface area contributed by atoms with Gasteiger partial charge in [0, 0.05) is 49.7 Å². The van der Waals surface area contributed by atoms with E-state index in [1.165, 1.54) is 0 Å². The van der Waals surface area contributed by atoms with E-state index in [9.17, 15) is 8.60 Å². The molecule has 198 valence electrons. The topological polar surface area (TPSA) is 47.9 Å². The van der Waals surface area contributed by atoms with Gasteiger partial charge in [-0.3, -0.25) is 9.89 Å². The molecule has 7 heteroatoms. The fourth-order valence-electron chi connectivity index (χ4n) is 4.59. The molecular formula is C30H39FN4OS. The van der Waals surface area contributed by atoms with Gasteiger partial charge < -0.3 is 9.62 Å². The molecule has 0 spiro atoms. The molecule has 2 atom stereocenters. The van der Waals surface area contributed by atoms with Crippen LogP contribution >= 0.6 is 0 Å². The van der Waals surface area contributed by atoms with Crippen LogP contribution in [0.15, 0.2) is 71.2 Å². The van der Waals surface area contributed by atoms with Gasteiger partial charge in [0.15, 0.2) is 11.0 Å². The molecule has 1 aliphatic heterocycles. The van der Waals surface area contributed by atoms with Gasteiger partial charge in [-0.05, 0) is 62.2 Å². The molecule has 0 saturated carbocycles. The van der Waals surface area contributed by atoms with Crippen molar-refractivity contribution in [3.63, 3.8) is 0 Å². The van der Waals surface area contributed by atoms with Crippen molar-refractivity contribution in [2.24, 2.45) is 10.9 Å². The van der Waals surface area contributed by atoms with Crippen molar-refractivity contribution in [1.29, 1.82) is 0 Å². The van der Waals surface area contributed by atoms with Crippen LogP contribution in [-0.2, 0) is 17.5 Å². The van der Waals surface area contributed by atoms with Crippen molar-refractivity contribution in [3.05, 3.63) is 94.3 Å². The van der Waals surface area contributed by atoms with Crippen molar-refractivity contribution in [2.45, 2.75) is 40.7 Å². The molecule has 2 aromatic carbocycles. The summed E-state index contributed by atoms with van der Waals surface area (Å²) in [5.41, 5.74) is 5.96. The van der Waals surface area contributed by atoms with Gasteiger partial charge >= 0.3 is 0 Å². The molecule has 37 heavy (non-hydrogen) atoms. The predicted molar refractivity (Wildman–Crippen MR) is 156 cm³/mol. The van der Waals surface area contributed by atoms with Gasteiger partial charge in [-0.1, -0.05) is 56.8 Å². The van der Waals surface area contributed by atoms with Crippen LogP contribution in [0.2, 0.25) is 0 Å². The Balaban J connectivity index is 1.60. The number of hydrogen-bond acceptors (Lipinski definition) is 4. The van der Waals surface area contributed by atoms with Crippen LogP contribution < -0.4 is 4.72 Å². The molecule has 0 aliphatic carbocycles. The number of anilines is 1. The normalized spacial score (nSPS) is 16.5. The third-order valence-corrected chi connectivity index (χ3v) is 8.13. The number of rotatable bonds is 11. The van der Waals surface area contributed by atoms with Crippen LogP contribution in [0, 0.1) is 25.6 Å². The fourth-order valence-corrected chi connectivity index (χ4v) is 5.66. The number of piperazine rings is 1. The van der Waals surface area contributed by atoms with Gasteiger partial charge in [0.1, 0.15) is 5.82 Å². The Morgan fingerprint density at radius 1 is 1.19 bits per heavy atom. The first kappa shape index (κ1) is 28.5. The second kappa shape index (κ2) is 13.0. The van der Waals surface area contributed by atoms with Gasteiger partial charge in [-0.2, -0.15) is 0 Å². The lowest BCUT2D eigenvalue weighted by Crippen LogP contribution is -2.44. The number of benzene rings is 2. The number of aliphatic imine (C=N–C) groups is 1. The van der Waals surface area contributed by atoms with Crippen molar-refractivity contribution in [1.82, 2.24) is 9.80 Å². The van der Waals surface area contributed by atoms with E-state index in [-0.39, 0.29) is 11.7 Å². The first-order valence-electron chi connectivity index (χ1n) is 12.7. The molecule has 3 rings (SSSR count). The van der Waals surface area contributed by atoms with E-state index < -0.39 is 11.0 Å². The summed E-state index contributed by atoms with van der Waals surface area (Å²) in [6, 6.07) is 11.6. The Bertz CT molecular complexity index is 1200. The second-order valence-corrected chi connectivity index (χ2v) is 10.8. The first-order chi connectivity index (χ1) is 17.7. The third kappa shape index (κ3) is 7.05. The predicted octanol–water partition coefficient (Wildman–Crippen LogP) is 6.45. The zero-order valence-corrected chi connectivity index (χ0v) is 23.3. The van der Waals surface area contributed by atoms with Crippen molar-refractivity contribution >= 4 is 29.1 Å². The number of nitrogens with one attached hydrogen (secondary N) is 1. The highest BCUT2D eigenvalue weighted by atomic mass is 32.2. The molecule has 1 N–H and O–H groups in total. The van der Waals surface area contributed by atoms with Gasteiger partial charge in [0.25, 0.3) is 0 Å². The number of nitrogens with zero attached hydrogens (tertiary/aromatic N) is 3. The monoisotopic (exact) mass is 522 g/mol. The number of aryl methyl sites for hydroxylation is 2. The SMILES string of the molecule is C=C/C(=C(/N=C)C(C)CC)S(=O)Nc1ccc(C(=C)N2CCN(Cc3cc(C)cc(C)c3F)CC2)cc1. The lowest BCUT2D eigenvalue weighted by molar-refractivity contribution is 0.167. The highest BCUT2D eigenvalue weighted by molar-refractivity contribution is 7.90. The molecule has 5 nitrogen and oxygen atoms in total. The van der Waals surface area contributed by atoms with Crippen LogP contribution in [0.1, 0.15) is 42.5 Å². The van der Waals surface area contributed by atoms with Gasteiger partial charge in [0.05, 0.1) is 10.6 Å². The summed E-state index contributed by atoms with van der Waals surface area (Å²) >= 11 is 0. The van der Waals surface area contributed by atoms with E-state index in [0.717, 1.165) is 60.7 Å². The zero-order chi connectivity index (χ0) is 27.1. The molecule has 0 amide bonds. The van der Waals surface area contributed by atoms with Crippen molar-refractivity contribution < 1.29 is 8.60 Å². The minimum atomic E-state index is -1.50. The maximum absolute atomic E-state index is 14.6.